The number of imidazole rings is 1. The van der Waals surface area contributed by atoms with Crippen molar-refractivity contribution < 1.29 is 27.8 Å². The zero-order valence-electron chi connectivity index (χ0n) is 22.9. The van der Waals surface area contributed by atoms with Crippen LogP contribution in [-0.4, -0.2) is 101 Å². The Hall–Kier alpha value is -3.87. The number of para-hydroxylation sites is 2. The lowest BCUT2D eigenvalue weighted by molar-refractivity contribution is -0.143. The number of hydrogen-bond acceptors (Lipinski definition) is 8. The molecule has 1 unspecified atom stereocenters. The number of halogens is 2. The molecular weight excluding hydrogens is 536 g/mol. The Kier molecular flexibility index (Phi) is 7.69. The Labute approximate surface area is 236 Å². The van der Waals surface area contributed by atoms with Crippen molar-refractivity contribution in [2.45, 2.75) is 25.7 Å². The second-order valence-corrected chi connectivity index (χ2v) is 10.8. The topological polar surface area (TPSA) is 106 Å². The number of amides is 2. The van der Waals surface area contributed by atoms with E-state index in [4.69, 9.17) is 9.47 Å². The highest BCUT2D eigenvalue weighted by Gasteiger charge is 2.35. The molecule has 3 aliphatic rings. The number of rotatable bonds is 7. The number of carbonyl (C=O) groups is 2. The number of fused-ring (bicyclic) bond motifs is 1. The number of nitrogens with zero attached hydrogens (tertiary/aromatic N) is 7. The van der Waals surface area contributed by atoms with E-state index in [1.54, 1.807) is 42.3 Å². The van der Waals surface area contributed by atoms with E-state index in [0.29, 0.717) is 75.9 Å². The molecule has 0 radical (unpaired) electrons. The van der Waals surface area contributed by atoms with Gasteiger partial charge in [0.05, 0.1) is 30.9 Å². The third-order valence-corrected chi connectivity index (χ3v) is 8.06. The maximum atomic E-state index is 14.1. The molecule has 11 nitrogen and oxygen atoms in total. The molecule has 0 bridgehead atoms. The number of alkyl halides is 2. The molecule has 0 saturated carbocycles. The summed E-state index contributed by atoms with van der Waals surface area (Å²) in [6, 6.07) is 8.50. The van der Waals surface area contributed by atoms with E-state index >= 15 is 0 Å². The van der Waals surface area contributed by atoms with Gasteiger partial charge in [0.25, 0.3) is 6.43 Å². The number of morpholine rings is 1. The lowest BCUT2D eigenvalue weighted by Crippen LogP contribution is -2.43. The molecule has 0 N–H and O–H groups in total. The second-order valence-electron chi connectivity index (χ2n) is 10.8. The van der Waals surface area contributed by atoms with Crippen molar-refractivity contribution in [3.63, 3.8) is 0 Å². The molecule has 0 spiro atoms. The summed E-state index contributed by atoms with van der Waals surface area (Å²) in [7, 11) is 1.76. The fraction of sp³-hybridized carbons (Fsp3) is 0.536. The largest absolute Gasteiger partial charge is 0.477 e. The molecule has 0 aliphatic carbocycles. The van der Waals surface area contributed by atoms with Gasteiger partial charge in [-0.2, -0.15) is 9.97 Å². The molecule has 41 heavy (non-hydrogen) atoms. The SMILES string of the molecule is CN1CCC(C(=O)N2CC[C@H](COc3cc(-n4c(C(F)F)nc5ccccc54)nc(N4CCOCC4)n3)C2)CC1=O. The van der Waals surface area contributed by atoms with Gasteiger partial charge in [-0.05, 0) is 25.0 Å². The van der Waals surface area contributed by atoms with Gasteiger partial charge in [-0.1, -0.05) is 12.1 Å². The third kappa shape index (κ3) is 5.67. The number of likely N-dealkylation sites (tertiary alicyclic amines) is 2. The van der Waals surface area contributed by atoms with Crippen LogP contribution in [0.25, 0.3) is 16.9 Å². The van der Waals surface area contributed by atoms with Crippen LogP contribution in [0.3, 0.4) is 0 Å². The maximum absolute atomic E-state index is 14.1. The number of piperidine rings is 1. The molecule has 1 aromatic carbocycles. The van der Waals surface area contributed by atoms with Crippen LogP contribution >= 0.6 is 0 Å². The summed E-state index contributed by atoms with van der Waals surface area (Å²) < 4.78 is 41.2. The predicted octanol–water partition coefficient (Wildman–Crippen LogP) is 2.69. The van der Waals surface area contributed by atoms with Gasteiger partial charge in [0.2, 0.25) is 23.6 Å². The fourth-order valence-electron chi connectivity index (χ4n) is 5.71. The molecule has 218 valence electrons. The van der Waals surface area contributed by atoms with Crippen molar-refractivity contribution in [3.05, 3.63) is 36.2 Å². The van der Waals surface area contributed by atoms with Gasteiger partial charge < -0.3 is 24.2 Å². The number of hydrogen-bond donors (Lipinski definition) is 0. The van der Waals surface area contributed by atoms with Crippen molar-refractivity contribution in [2.24, 2.45) is 11.8 Å². The minimum atomic E-state index is -2.81. The van der Waals surface area contributed by atoms with Gasteiger partial charge in [0, 0.05) is 64.1 Å². The normalized spacial score (nSPS) is 21.8. The maximum Gasteiger partial charge on any atom is 0.296 e. The highest BCUT2D eigenvalue weighted by atomic mass is 19.3. The van der Waals surface area contributed by atoms with Crippen LogP contribution in [0.5, 0.6) is 5.88 Å². The first-order valence-corrected chi connectivity index (χ1v) is 14.0. The number of benzene rings is 1. The van der Waals surface area contributed by atoms with Crippen molar-refractivity contribution in [2.75, 3.05) is 64.5 Å². The van der Waals surface area contributed by atoms with Crippen molar-refractivity contribution in [1.29, 1.82) is 0 Å². The molecule has 6 rings (SSSR count). The van der Waals surface area contributed by atoms with E-state index in [1.165, 1.54) is 4.57 Å². The Morgan fingerprint density at radius 3 is 2.68 bits per heavy atom. The van der Waals surface area contributed by atoms with Gasteiger partial charge in [-0.3, -0.25) is 14.2 Å². The summed E-state index contributed by atoms with van der Waals surface area (Å²) in [5.41, 5.74) is 0.955. The predicted molar refractivity (Wildman–Crippen MR) is 145 cm³/mol. The molecule has 3 aliphatic heterocycles. The third-order valence-electron chi connectivity index (χ3n) is 8.06. The van der Waals surface area contributed by atoms with E-state index in [2.05, 4.69) is 15.0 Å². The standard InChI is InChI=1S/C28H33F2N7O4/c1-34-8-7-19(14-24(34)38)27(39)36-9-6-18(16-36)17-41-23-15-22(32-28(33-23)35-10-12-40-13-11-35)37-21-5-3-2-4-20(21)31-26(37)25(29)30/h2-5,15,18-19,25H,6-14,16-17H2,1H3/t18-,19?/m0/s1. The van der Waals surface area contributed by atoms with Crippen LogP contribution in [0.4, 0.5) is 14.7 Å². The van der Waals surface area contributed by atoms with E-state index in [9.17, 15) is 18.4 Å². The average molecular weight is 570 g/mol. The first-order valence-electron chi connectivity index (χ1n) is 14.0. The molecule has 3 fully saturated rings. The highest BCUT2D eigenvalue weighted by molar-refractivity contribution is 5.87. The smallest absolute Gasteiger partial charge is 0.296 e. The Morgan fingerprint density at radius 2 is 1.90 bits per heavy atom. The molecule has 2 amide bonds. The number of ether oxygens (including phenoxy) is 2. The lowest BCUT2D eigenvalue weighted by Gasteiger charge is -2.30. The minimum absolute atomic E-state index is 0.00462. The molecule has 3 aromatic rings. The van der Waals surface area contributed by atoms with Crippen molar-refractivity contribution in [3.8, 4) is 11.7 Å². The minimum Gasteiger partial charge on any atom is -0.477 e. The fourth-order valence-corrected chi connectivity index (χ4v) is 5.71. The first kappa shape index (κ1) is 27.3. The Balaban J connectivity index is 1.22. The van der Waals surface area contributed by atoms with Gasteiger partial charge in [0.1, 0.15) is 5.82 Å². The number of anilines is 1. The van der Waals surface area contributed by atoms with Crippen molar-refractivity contribution in [1.82, 2.24) is 29.3 Å². The quantitative estimate of drug-likeness (QED) is 0.428. The Morgan fingerprint density at radius 1 is 1.10 bits per heavy atom. The first-order chi connectivity index (χ1) is 19.9. The molecule has 13 heteroatoms. The van der Waals surface area contributed by atoms with Crippen LogP contribution in [0, 0.1) is 11.8 Å². The molecular formula is C28H33F2N7O4. The molecule has 2 aromatic heterocycles. The van der Waals surface area contributed by atoms with E-state index in [1.807, 2.05) is 9.80 Å². The summed E-state index contributed by atoms with van der Waals surface area (Å²) >= 11 is 0. The van der Waals surface area contributed by atoms with E-state index in [0.717, 1.165) is 6.42 Å². The van der Waals surface area contributed by atoms with Crippen LogP contribution in [0.1, 0.15) is 31.5 Å². The Bertz CT molecular complexity index is 1430. The lowest BCUT2D eigenvalue weighted by atomic mass is 9.95. The van der Waals surface area contributed by atoms with Crippen LogP contribution in [-0.2, 0) is 14.3 Å². The summed E-state index contributed by atoms with van der Waals surface area (Å²) in [4.78, 5) is 44.0. The van der Waals surface area contributed by atoms with E-state index in [-0.39, 0.29) is 41.8 Å². The zero-order chi connectivity index (χ0) is 28.5. The monoisotopic (exact) mass is 569 g/mol. The average Bonchev–Trinajstić information content (AvgIpc) is 3.63. The van der Waals surface area contributed by atoms with Gasteiger partial charge in [0.15, 0.2) is 5.82 Å². The van der Waals surface area contributed by atoms with Gasteiger partial charge >= 0.3 is 0 Å². The highest BCUT2D eigenvalue weighted by Crippen LogP contribution is 2.30. The van der Waals surface area contributed by atoms with Crippen LogP contribution in [0.15, 0.2) is 30.3 Å². The number of aromatic nitrogens is 4. The summed E-state index contributed by atoms with van der Waals surface area (Å²) in [6.07, 6.45) is -1.11. The molecule has 5 heterocycles. The molecule has 3 saturated heterocycles. The van der Waals surface area contributed by atoms with E-state index < -0.39 is 12.2 Å². The van der Waals surface area contributed by atoms with Crippen LogP contribution < -0.4 is 9.64 Å². The van der Waals surface area contributed by atoms with Gasteiger partial charge in [-0.15, -0.1) is 0 Å². The zero-order valence-corrected chi connectivity index (χ0v) is 22.9. The summed E-state index contributed by atoms with van der Waals surface area (Å²) in [5.74, 6) is 0.319. The summed E-state index contributed by atoms with van der Waals surface area (Å²) in [6.45, 7) is 4.19. The van der Waals surface area contributed by atoms with Crippen LogP contribution in [0.2, 0.25) is 0 Å². The van der Waals surface area contributed by atoms with Crippen molar-refractivity contribution >= 4 is 28.8 Å². The summed E-state index contributed by atoms with van der Waals surface area (Å²) in [5, 5.41) is 0. The van der Waals surface area contributed by atoms with Gasteiger partial charge in [-0.25, -0.2) is 13.8 Å². The molecule has 2 atom stereocenters. The number of carbonyl (C=O) groups excluding carboxylic acids is 2. The second kappa shape index (κ2) is 11.6.